The molecule has 8 heteroatoms. The first kappa shape index (κ1) is 16.9. The van der Waals surface area contributed by atoms with E-state index in [0.29, 0.717) is 6.42 Å². The van der Waals surface area contributed by atoms with E-state index in [1.807, 2.05) is 0 Å². The number of hydrogen-bond acceptors (Lipinski definition) is 6. The molecule has 1 aliphatic rings. The van der Waals surface area contributed by atoms with E-state index in [1.165, 1.54) is 0 Å². The van der Waals surface area contributed by atoms with Gasteiger partial charge in [0.1, 0.15) is 0 Å². The SMILES string of the molecule is O=C1CCC(=O)OCCCOC(=O)CCC(=O)NCCN1. The second-order valence-corrected chi connectivity index (χ2v) is 4.49. The van der Waals surface area contributed by atoms with Crippen LogP contribution in [0.2, 0.25) is 0 Å². The molecule has 0 aromatic carbocycles. The van der Waals surface area contributed by atoms with Gasteiger partial charge in [0.25, 0.3) is 0 Å². The van der Waals surface area contributed by atoms with Gasteiger partial charge in [0.2, 0.25) is 11.8 Å². The van der Waals surface area contributed by atoms with Gasteiger partial charge in [0.15, 0.2) is 0 Å². The molecule has 0 aromatic rings. The topological polar surface area (TPSA) is 111 Å². The molecule has 0 unspecified atom stereocenters. The van der Waals surface area contributed by atoms with Crippen molar-refractivity contribution in [1.29, 1.82) is 0 Å². The molecule has 118 valence electrons. The molecule has 1 aliphatic heterocycles. The summed E-state index contributed by atoms with van der Waals surface area (Å²) in [4.78, 5) is 45.4. The van der Waals surface area contributed by atoms with E-state index in [9.17, 15) is 19.2 Å². The predicted molar refractivity (Wildman–Crippen MR) is 71.0 cm³/mol. The van der Waals surface area contributed by atoms with E-state index >= 15 is 0 Å². The van der Waals surface area contributed by atoms with Crippen molar-refractivity contribution in [2.45, 2.75) is 32.1 Å². The Morgan fingerprint density at radius 2 is 1.10 bits per heavy atom. The van der Waals surface area contributed by atoms with E-state index in [-0.39, 0.29) is 63.8 Å². The van der Waals surface area contributed by atoms with Crippen molar-refractivity contribution in [3.63, 3.8) is 0 Å². The highest BCUT2D eigenvalue weighted by Crippen LogP contribution is 1.97. The largest absolute Gasteiger partial charge is 0.466 e. The highest BCUT2D eigenvalue weighted by Gasteiger charge is 2.10. The summed E-state index contributed by atoms with van der Waals surface area (Å²) in [5.41, 5.74) is 0. The van der Waals surface area contributed by atoms with Crippen LogP contribution >= 0.6 is 0 Å². The molecule has 0 aromatic heterocycles. The van der Waals surface area contributed by atoms with Gasteiger partial charge in [-0.2, -0.15) is 0 Å². The van der Waals surface area contributed by atoms with E-state index in [0.717, 1.165) is 0 Å². The molecule has 0 spiro atoms. The Labute approximate surface area is 122 Å². The van der Waals surface area contributed by atoms with Crippen molar-refractivity contribution >= 4 is 23.8 Å². The monoisotopic (exact) mass is 300 g/mol. The molecule has 8 nitrogen and oxygen atoms in total. The third-order valence-electron chi connectivity index (χ3n) is 2.70. The summed E-state index contributed by atoms with van der Waals surface area (Å²) in [7, 11) is 0. The normalized spacial score (nSPS) is 20.6. The van der Waals surface area contributed by atoms with Crippen LogP contribution in [-0.4, -0.2) is 50.1 Å². The van der Waals surface area contributed by atoms with E-state index in [2.05, 4.69) is 10.6 Å². The number of carbonyl (C=O) groups excluding carboxylic acids is 4. The van der Waals surface area contributed by atoms with Gasteiger partial charge in [-0.15, -0.1) is 0 Å². The van der Waals surface area contributed by atoms with Crippen LogP contribution in [0.1, 0.15) is 32.1 Å². The van der Waals surface area contributed by atoms with Crippen molar-refractivity contribution in [3.05, 3.63) is 0 Å². The lowest BCUT2D eigenvalue weighted by Crippen LogP contribution is -2.34. The van der Waals surface area contributed by atoms with Crippen LogP contribution in [0, 0.1) is 0 Å². The Bertz CT molecular complexity index is 360. The first-order valence-electron chi connectivity index (χ1n) is 6.92. The third-order valence-corrected chi connectivity index (χ3v) is 2.70. The van der Waals surface area contributed by atoms with Crippen molar-refractivity contribution in [2.75, 3.05) is 26.3 Å². The molecular weight excluding hydrogens is 280 g/mol. The summed E-state index contributed by atoms with van der Waals surface area (Å²) in [5, 5.41) is 5.15. The lowest BCUT2D eigenvalue weighted by atomic mass is 10.3. The Kier molecular flexibility index (Phi) is 7.85. The minimum Gasteiger partial charge on any atom is -0.466 e. The summed E-state index contributed by atoms with van der Waals surface area (Å²) >= 11 is 0. The number of rotatable bonds is 0. The maximum atomic E-state index is 11.4. The zero-order chi connectivity index (χ0) is 15.5. The molecule has 1 fully saturated rings. The van der Waals surface area contributed by atoms with Gasteiger partial charge in [-0.25, -0.2) is 0 Å². The minimum atomic E-state index is -0.464. The average Bonchev–Trinajstić information content (AvgIpc) is 2.46. The second kappa shape index (κ2) is 9.73. The van der Waals surface area contributed by atoms with E-state index < -0.39 is 11.9 Å². The zero-order valence-corrected chi connectivity index (χ0v) is 11.8. The number of hydrogen-bond donors (Lipinski definition) is 2. The quantitative estimate of drug-likeness (QED) is 0.571. The van der Waals surface area contributed by atoms with Crippen LogP contribution in [0.25, 0.3) is 0 Å². The number of carbonyl (C=O) groups is 4. The molecule has 21 heavy (non-hydrogen) atoms. The molecule has 0 radical (unpaired) electrons. The first-order valence-corrected chi connectivity index (χ1v) is 6.92. The van der Waals surface area contributed by atoms with Crippen molar-refractivity contribution in [3.8, 4) is 0 Å². The summed E-state index contributed by atoms with van der Waals surface area (Å²) in [6.45, 7) is 0.802. The fourth-order valence-electron chi connectivity index (χ4n) is 1.59. The van der Waals surface area contributed by atoms with Gasteiger partial charge in [-0.05, 0) is 0 Å². The number of ether oxygens (including phenoxy) is 2. The van der Waals surface area contributed by atoms with Crippen molar-refractivity contribution in [1.82, 2.24) is 10.6 Å². The summed E-state index contributed by atoms with van der Waals surface area (Å²) < 4.78 is 9.78. The van der Waals surface area contributed by atoms with Crippen molar-refractivity contribution in [2.24, 2.45) is 0 Å². The van der Waals surface area contributed by atoms with Crippen LogP contribution in [0.3, 0.4) is 0 Å². The molecule has 0 aliphatic carbocycles. The molecule has 2 N–H and O–H groups in total. The molecule has 0 saturated carbocycles. The summed E-state index contributed by atoms with van der Waals surface area (Å²) in [5.74, 6) is -1.48. The van der Waals surface area contributed by atoms with Gasteiger partial charge >= 0.3 is 11.9 Å². The van der Waals surface area contributed by atoms with Crippen LogP contribution in [0.4, 0.5) is 0 Å². The fraction of sp³-hybridized carbons (Fsp3) is 0.692. The predicted octanol–water partition coefficient (Wildman–Crippen LogP) is -0.731. The average molecular weight is 300 g/mol. The fourth-order valence-corrected chi connectivity index (χ4v) is 1.59. The molecule has 1 rings (SSSR count). The van der Waals surface area contributed by atoms with Gasteiger partial charge in [-0.1, -0.05) is 0 Å². The van der Waals surface area contributed by atoms with Gasteiger partial charge in [0.05, 0.1) is 26.1 Å². The Balaban J connectivity index is 2.40. The third kappa shape index (κ3) is 8.61. The molecule has 2 amide bonds. The standard InChI is InChI=1S/C13H20N2O6/c16-10-2-4-12(18)20-8-1-9-21-13(19)5-3-11(17)15-7-6-14-10/h1-9H2,(H,14,16)(H,15,17). The minimum absolute atomic E-state index is 0.00200. The Hall–Kier alpha value is -2.12. The number of nitrogens with one attached hydrogen (secondary N) is 2. The molecular formula is C13H20N2O6. The lowest BCUT2D eigenvalue weighted by Gasteiger charge is -2.06. The number of amides is 2. The summed E-state index contributed by atoms with van der Waals surface area (Å²) in [6, 6.07) is 0. The molecule has 1 heterocycles. The Morgan fingerprint density at radius 1 is 0.667 bits per heavy atom. The van der Waals surface area contributed by atoms with Crippen molar-refractivity contribution < 1.29 is 28.7 Å². The van der Waals surface area contributed by atoms with Crippen LogP contribution < -0.4 is 10.6 Å². The smallest absolute Gasteiger partial charge is 0.306 e. The van der Waals surface area contributed by atoms with Gasteiger partial charge < -0.3 is 20.1 Å². The van der Waals surface area contributed by atoms with E-state index in [1.54, 1.807) is 0 Å². The van der Waals surface area contributed by atoms with Gasteiger partial charge in [-0.3, -0.25) is 19.2 Å². The van der Waals surface area contributed by atoms with Crippen LogP contribution in [0.5, 0.6) is 0 Å². The number of esters is 2. The Morgan fingerprint density at radius 3 is 1.52 bits per heavy atom. The zero-order valence-electron chi connectivity index (χ0n) is 11.8. The first-order chi connectivity index (χ1) is 10.1. The summed E-state index contributed by atoms with van der Waals surface area (Å²) in [6.07, 6.45) is 0.468. The maximum Gasteiger partial charge on any atom is 0.306 e. The molecule has 0 atom stereocenters. The highest BCUT2D eigenvalue weighted by molar-refractivity contribution is 5.82. The maximum absolute atomic E-state index is 11.4. The van der Waals surface area contributed by atoms with E-state index in [4.69, 9.17) is 9.47 Å². The van der Waals surface area contributed by atoms with Crippen LogP contribution in [0.15, 0.2) is 0 Å². The van der Waals surface area contributed by atoms with Gasteiger partial charge in [0, 0.05) is 32.4 Å². The molecule has 0 bridgehead atoms. The molecule has 1 saturated heterocycles. The highest BCUT2D eigenvalue weighted by atomic mass is 16.5. The van der Waals surface area contributed by atoms with Crippen LogP contribution in [-0.2, 0) is 28.7 Å². The number of cyclic esters (lactones) is 2. The second-order valence-electron chi connectivity index (χ2n) is 4.49. The lowest BCUT2D eigenvalue weighted by molar-refractivity contribution is -0.147.